The van der Waals surface area contributed by atoms with Gasteiger partial charge in [0.05, 0.1) is 0 Å². The van der Waals surface area contributed by atoms with E-state index < -0.39 is 12.0 Å². The SMILES string of the molecule is Cc1ccc(C)c(CNCC(N)C(=O)O)c1. The Labute approximate surface area is 95.5 Å². The zero-order valence-corrected chi connectivity index (χ0v) is 9.66. The normalized spacial score (nSPS) is 12.4. The molecular weight excluding hydrogens is 204 g/mol. The Morgan fingerprint density at radius 1 is 1.50 bits per heavy atom. The molecule has 1 rings (SSSR count). The third-order valence-electron chi connectivity index (χ3n) is 2.50. The van der Waals surface area contributed by atoms with Crippen molar-refractivity contribution in [1.29, 1.82) is 0 Å². The smallest absolute Gasteiger partial charge is 0.321 e. The number of aliphatic carboxylic acids is 1. The summed E-state index contributed by atoms with van der Waals surface area (Å²) in [5.41, 5.74) is 8.96. The molecule has 16 heavy (non-hydrogen) atoms. The molecule has 0 saturated carbocycles. The van der Waals surface area contributed by atoms with Gasteiger partial charge >= 0.3 is 5.97 Å². The van der Waals surface area contributed by atoms with E-state index in [0.717, 1.165) is 0 Å². The summed E-state index contributed by atoms with van der Waals surface area (Å²) in [6.45, 7) is 5.00. The summed E-state index contributed by atoms with van der Waals surface area (Å²) >= 11 is 0. The minimum atomic E-state index is -0.978. The maximum absolute atomic E-state index is 10.5. The fourth-order valence-electron chi connectivity index (χ4n) is 1.44. The van der Waals surface area contributed by atoms with Crippen molar-refractivity contribution in [3.8, 4) is 0 Å². The highest BCUT2D eigenvalue weighted by Gasteiger charge is 2.10. The van der Waals surface area contributed by atoms with Crippen LogP contribution in [-0.4, -0.2) is 23.7 Å². The lowest BCUT2D eigenvalue weighted by Gasteiger charge is -2.10. The molecule has 0 spiro atoms. The average Bonchev–Trinajstić information content (AvgIpc) is 2.22. The lowest BCUT2D eigenvalue weighted by Crippen LogP contribution is -2.40. The first-order valence-corrected chi connectivity index (χ1v) is 5.26. The largest absolute Gasteiger partial charge is 0.480 e. The van der Waals surface area contributed by atoms with Gasteiger partial charge in [-0.2, -0.15) is 0 Å². The standard InChI is InChI=1S/C12H18N2O2/c1-8-3-4-9(2)10(5-8)6-14-7-11(13)12(15)16/h3-5,11,14H,6-7,13H2,1-2H3,(H,15,16). The van der Waals surface area contributed by atoms with Crippen molar-refractivity contribution in [2.24, 2.45) is 5.73 Å². The molecule has 1 aromatic carbocycles. The van der Waals surface area contributed by atoms with Crippen molar-refractivity contribution in [2.45, 2.75) is 26.4 Å². The van der Waals surface area contributed by atoms with E-state index >= 15 is 0 Å². The maximum Gasteiger partial charge on any atom is 0.321 e. The summed E-state index contributed by atoms with van der Waals surface area (Å²) in [6.07, 6.45) is 0. The van der Waals surface area contributed by atoms with Crippen LogP contribution in [0.5, 0.6) is 0 Å². The zero-order valence-electron chi connectivity index (χ0n) is 9.66. The van der Waals surface area contributed by atoms with Crippen LogP contribution in [0.1, 0.15) is 16.7 Å². The van der Waals surface area contributed by atoms with Crippen molar-refractivity contribution in [2.75, 3.05) is 6.54 Å². The van der Waals surface area contributed by atoms with Gasteiger partial charge in [0.25, 0.3) is 0 Å². The second-order valence-corrected chi connectivity index (χ2v) is 4.01. The van der Waals surface area contributed by atoms with Crippen LogP contribution in [0.15, 0.2) is 18.2 Å². The molecule has 0 heterocycles. The molecule has 0 aromatic heterocycles. The first-order valence-electron chi connectivity index (χ1n) is 5.26. The van der Waals surface area contributed by atoms with Gasteiger partial charge in [-0.1, -0.05) is 23.8 Å². The van der Waals surface area contributed by atoms with Gasteiger partial charge in [-0.15, -0.1) is 0 Å². The van der Waals surface area contributed by atoms with Gasteiger partial charge in [0.15, 0.2) is 0 Å². The highest BCUT2D eigenvalue weighted by Crippen LogP contribution is 2.09. The van der Waals surface area contributed by atoms with E-state index in [9.17, 15) is 4.79 Å². The molecule has 0 aliphatic heterocycles. The van der Waals surface area contributed by atoms with E-state index in [2.05, 4.69) is 23.5 Å². The number of aryl methyl sites for hydroxylation is 2. The Morgan fingerprint density at radius 3 is 2.81 bits per heavy atom. The van der Waals surface area contributed by atoms with Crippen LogP contribution < -0.4 is 11.1 Å². The monoisotopic (exact) mass is 222 g/mol. The minimum Gasteiger partial charge on any atom is -0.480 e. The molecule has 1 aromatic rings. The minimum absolute atomic E-state index is 0.280. The van der Waals surface area contributed by atoms with Crippen LogP contribution in [0, 0.1) is 13.8 Å². The second kappa shape index (κ2) is 5.63. The predicted molar refractivity (Wildman–Crippen MR) is 63.2 cm³/mol. The van der Waals surface area contributed by atoms with Gasteiger partial charge in [0, 0.05) is 13.1 Å². The van der Waals surface area contributed by atoms with E-state index in [1.54, 1.807) is 0 Å². The molecule has 0 fully saturated rings. The number of nitrogens with one attached hydrogen (secondary N) is 1. The van der Waals surface area contributed by atoms with Gasteiger partial charge in [-0.3, -0.25) is 4.79 Å². The number of benzene rings is 1. The molecule has 0 aliphatic rings. The second-order valence-electron chi connectivity index (χ2n) is 4.01. The highest BCUT2D eigenvalue weighted by atomic mass is 16.4. The average molecular weight is 222 g/mol. The first-order chi connectivity index (χ1) is 7.50. The Morgan fingerprint density at radius 2 is 2.19 bits per heavy atom. The van der Waals surface area contributed by atoms with Gasteiger partial charge < -0.3 is 16.2 Å². The molecule has 0 saturated heterocycles. The lowest BCUT2D eigenvalue weighted by molar-refractivity contribution is -0.138. The topological polar surface area (TPSA) is 75.3 Å². The van der Waals surface area contributed by atoms with Crippen molar-refractivity contribution in [1.82, 2.24) is 5.32 Å². The van der Waals surface area contributed by atoms with Gasteiger partial charge in [-0.05, 0) is 25.0 Å². The third-order valence-corrected chi connectivity index (χ3v) is 2.50. The van der Waals surface area contributed by atoms with Crippen LogP contribution in [0.4, 0.5) is 0 Å². The Balaban J connectivity index is 2.48. The summed E-state index contributed by atoms with van der Waals surface area (Å²) in [6, 6.07) is 5.37. The molecule has 88 valence electrons. The van der Waals surface area contributed by atoms with Crippen molar-refractivity contribution >= 4 is 5.97 Å². The Hall–Kier alpha value is -1.39. The molecule has 0 bridgehead atoms. The number of hydrogen-bond donors (Lipinski definition) is 3. The fraction of sp³-hybridized carbons (Fsp3) is 0.417. The predicted octanol–water partition coefficient (Wildman–Crippen LogP) is 0.805. The summed E-state index contributed by atoms with van der Waals surface area (Å²) in [7, 11) is 0. The summed E-state index contributed by atoms with van der Waals surface area (Å²) in [5, 5.41) is 11.7. The molecule has 4 nitrogen and oxygen atoms in total. The summed E-state index contributed by atoms with van der Waals surface area (Å²) in [4.78, 5) is 10.5. The molecule has 1 atom stereocenters. The van der Waals surface area contributed by atoms with E-state index in [1.165, 1.54) is 16.7 Å². The van der Waals surface area contributed by atoms with Gasteiger partial charge in [0.2, 0.25) is 0 Å². The molecule has 0 radical (unpaired) electrons. The van der Waals surface area contributed by atoms with Crippen molar-refractivity contribution in [3.63, 3.8) is 0 Å². The zero-order chi connectivity index (χ0) is 12.1. The Bertz CT molecular complexity index is 377. The molecular formula is C12H18N2O2. The number of nitrogens with two attached hydrogens (primary N) is 1. The number of hydrogen-bond acceptors (Lipinski definition) is 3. The fourth-order valence-corrected chi connectivity index (χ4v) is 1.44. The van der Waals surface area contributed by atoms with E-state index in [0.29, 0.717) is 6.54 Å². The maximum atomic E-state index is 10.5. The van der Waals surface area contributed by atoms with Crippen LogP contribution in [0.2, 0.25) is 0 Å². The first kappa shape index (κ1) is 12.7. The van der Waals surface area contributed by atoms with Crippen LogP contribution >= 0.6 is 0 Å². The molecule has 1 unspecified atom stereocenters. The van der Waals surface area contributed by atoms with Crippen molar-refractivity contribution < 1.29 is 9.90 Å². The van der Waals surface area contributed by atoms with Crippen LogP contribution in [0.3, 0.4) is 0 Å². The number of carbonyl (C=O) groups is 1. The van der Waals surface area contributed by atoms with E-state index in [-0.39, 0.29) is 6.54 Å². The molecule has 4 heteroatoms. The quantitative estimate of drug-likeness (QED) is 0.689. The third kappa shape index (κ3) is 3.64. The van der Waals surface area contributed by atoms with Crippen LogP contribution in [-0.2, 0) is 11.3 Å². The molecule has 0 amide bonds. The number of carboxylic acid groups (broad SMARTS) is 1. The van der Waals surface area contributed by atoms with Crippen LogP contribution in [0.25, 0.3) is 0 Å². The van der Waals surface area contributed by atoms with E-state index in [1.807, 2.05) is 13.8 Å². The number of carboxylic acids is 1. The summed E-state index contributed by atoms with van der Waals surface area (Å²) in [5.74, 6) is -0.978. The van der Waals surface area contributed by atoms with Crippen molar-refractivity contribution in [3.05, 3.63) is 34.9 Å². The molecule has 4 N–H and O–H groups in total. The Kier molecular flexibility index (Phi) is 4.46. The highest BCUT2D eigenvalue weighted by molar-refractivity contribution is 5.73. The van der Waals surface area contributed by atoms with E-state index in [4.69, 9.17) is 10.8 Å². The number of rotatable bonds is 5. The lowest BCUT2D eigenvalue weighted by atomic mass is 10.1. The van der Waals surface area contributed by atoms with Gasteiger partial charge in [-0.25, -0.2) is 0 Å². The van der Waals surface area contributed by atoms with Gasteiger partial charge in [0.1, 0.15) is 6.04 Å². The summed E-state index contributed by atoms with van der Waals surface area (Å²) < 4.78 is 0. The molecule has 0 aliphatic carbocycles.